The zero-order valence-electron chi connectivity index (χ0n) is 9.79. The highest BCUT2D eigenvalue weighted by Gasteiger charge is 2.43. The molecule has 3 unspecified atom stereocenters. The van der Waals surface area contributed by atoms with Crippen molar-refractivity contribution in [3.8, 4) is 0 Å². The second kappa shape index (κ2) is 5.28. The van der Waals surface area contributed by atoms with Crippen LogP contribution in [0.25, 0.3) is 0 Å². The number of benzene rings is 1. The maximum Gasteiger partial charge on any atom is 0.306 e. The van der Waals surface area contributed by atoms with Crippen molar-refractivity contribution in [3.05, 3.63) is 32.8 Å². The summed E-state index contributed by atoms with van der Waals surface area (Å²) in [5, 5.41) is 10.4. The van der Waals surface area contributed by atoms with Gasteiger partial charge in [0.25, 0.3) is 0 Å². The van der Waals surface area contributed by atoms with Gasteiger partial charge in [0.2, 0.25) is 0 Å². The third kappa shape index (κ3) is 2.76. The zero-order chi connectivity index (χ0) is 13.4. The van der Waals surface area contributed by atoms with Gasteiger partial charge in [0, 0.05) is 5.02 Å². The summed E-state index contributed by atoms with van der Waals surface area (Å²) >= 11 is 18.3. The van der Waals surface area contributed by atoms with Crippen LogP contribution in [0.15, 0.2) is 12.1 Å². The predicted octanol–water partition coefficient (Wildman–Crippen LogP) is 4.86. The van der Waals surface area contributed by atoms with Crippen molar-refractivity contribution in [1.82, 2.24) is 0 Å². The van der Waals surface area contributed by atoms with Gasteiger partial charge in [-0.2, -0.15) is 0 Å². The van der Waals surface area contributed by atoms with Crippen molar-refractivity contribution in [2.45, 2.75) is 25.7 Å². The van der Waals surface area contributed by atoms with E-state index >= 15 is 0 Å². The fourth-order valence-electron chi connectivity index (χ4n) is 2.38. The Morgan fingerprint density at radius 3 is 2.56 bits per heavy atom. The monoisotopic (exact) mass is 306 g/mol. The summed E-state index contributed by atoms with van der Waals surface area (Å²) in [6.45, 7) is 2.00. The maximum absolute atomic E-state index is 10.8. The molecule has 1 saturated carbocycles. The van der Waals surface area contributed by atoms with Gasteiger partial charge in [0.1, 0.15) is 0 Å². The van der Waals surface area contributed by atoms with Crippen LogP contribution in [0.5, 0.6) is 0 Å². The first-order chi connectivity index (χ1) is 8.41. The van der Waals surface area contributed by atoms with Crippen LogP contribution >= 0.6 is 34.8 Å². The molecule has 1 N–H and O–H groups in total. The molecule has 0 spiro atoms. The molecule has 2 nitrogen and oxygen atoms in total. The van der Waals surface area contributed by atoms with Crippen LogP contribution in [0.2, 0.25) is 15.1 Å². The molecule has 1 aromatic carbocycles. The number of hydrogen-bond acceptors (Lipinski definition) is 1. The van der Waals surface area contributed by atoms with E-state index < -0.39 is 5.97 Å². The number of halogens is 3. The van der Waals surface area contributed by atoms with Gasteiger partial charge in [-0.1, -0.05) is 41.7 Å². The second-order valence-corrected chi connectivity index (χ2v) is 6.03. The number of carboxylic acids is 1. The average molecular weight is 308 g/mol. The first kappa shape index (κ1) is 14.0. The lowest BCUT2D eigenvalue weighted by molar-refractivity contribution is -0.138. The van der Waals surface area contributed by atoms with Crippen LogP contribution in [-0.4, -0.2) is 11.1 Å². The van der Waals surface area contributed by atoms with Gasteiger partial charge in [-0.3, -0.25) is 4.79 Å². The summed E-state index contributed by atoms with van der Waals surface area (Å²) in [5.74, 6) is -0.582. The normalized spacial score (nSPS) is 23.8. The Balaban J connectivity index is 2.13. The van der Waals surface area contributed by atoms with E-state index in [-0.39, 0.29) is 17.8 Å². The highest BCUT2D eigenvalue weighted by Crippen LogP contribution is 2.47. The lowest BCUT2D eigenvalue weighted by Gasteiger charge is -2.16. The molecule has 5 heteroatoms. The molecule has 0 aliphatic heterocycles. The molecule has 98 valence electrons. The molecule has 3 atom stereocenters. The van der Waals surface area contributed by atoms with E-state index in [9.17, 15) is 4.79 Å². The molecular formula is C13H13Cl3O2. The Hall–Kier alpha value is -0.440. The Morgan fingerprint density at radius 2 is 2.00 bits per heavy atom. The fourth-order valence-corrected chi connectivity index (χ4v) is 3.28. The van der Waals surface area contributed by atoms with Crippen molar-refractivity contribution in [1.29, 1.82) is 0 Å². The van der Waals surface area contributed by atoms with E-state index in [1.807, 2.05) is 6.92 Å². The third-order valence-electron chi connectivity index (χ3n) is 3.47. The van der Waals surface area contributed by atoms with E-state index in [0.717, 1.165) is 18.4 Å². The summed E-state index contributed by atoms with van der Waals surface area (Å²) in [6.07, 6.45) is 1.52. The van der Waals surface area contributed by atoms with Crippen LogP contribution in [0, 0.1) is 11.8 Å². The minimum Gasteiger partial charge on any atom is -0.481 e. The van der Waals surface area contributed by atoms with E-state index in [1.165, 1.54) is 0 Å². The van der Waals surface area contributed by atoms with Gasteiger partial charge in [0.05, 0.1) is 16.0 Å². The largest absolute Gasteiger partial charge is 0.481 e. The third-order valence-corrected chi connectivity index (χ3v) is 4.62. The Kier molecular flexibility index (Phi) is 4.10. The van der Waals surface area contributed by atoms with Crippen LogP contribution in [0.4, 0.5) is 0 Å². The van der Waals surface area contributed by atoms with Crippen LogP contribution in [0.1, 0.15) is 31.2 Å². The van der Waals surface area contributed by atoms with Crippen molar-refractivity contribution in [3.63, 3.8) is 0 Å². The van der Waals surface area contributed by atoms with Gasteiger partial charge in [0.15, 0.2) is 0 Å². The first-order valence-electron chi connectivity index (χ1n) is 5.78. The number of carboxylic acid groups (broad SMARTS) is 1. The molecule has 0 saturated heterocycles. The molecule has 2 rings (SSSR count). The summed E-state index contributed by atoms with van der Waals surface area (Å²) in [5.41, 5.74) is 0.821. The second-order valence-electron chi connectivity index (χ2n) is 4.83. The number of hydrogen-bond donors (Lipinski definition) is 1. The molecule has 0 bridgehead atoms. The SMILES string of the molecule is CC(CC1CC1C(=O)O)c1c(Cl)ccc(Cl)c1Cl. The lowest BCUT2D eigenvalue weighted by atomic mass is 9.94. The summed E-state index contributed by atoms with van der Waals surface area (Å²) in [6, 6.07) is 3.39. The number of carbonyl (C=O) groups is 1. The van der Waals surface area contributed by atoms with Crippen LogP contribution in [-0.2, 0) is 4.79 Å². The van der Waals surface area contributed by atoms with Crippen molar-refractivity contribution < 1.29 is 9.90 Å². The minimum absolute atomic E-state index is 0.109. The fraction of sp³-hybridized carbons (Fsp3) is 0.462. The molecule has 1 aliphatic carbocycles. The maximum atomic E-state index is 10.8. The van der Waals surface area contributed by atoms with Gasteiger partial charge < -0.3 is 5.11 Å². The summed E-state index contributed by atoms with van der Waals surface area (Å²) < 4.78 is 0. The lowest BCUT2D eigenvalue weighted by Crippen LogP contribution is -2.03. The Morgan fingerprint density at radius 1 is 1.39 bits per heavy atom. The molecule has 0 amide bonds. The Labute approximate surface area is 121 Å². The molecular weight excluding hydrogens is 294 g/mol. The smallest absolute Gasteiger partial charge is 0.306 e. The van der Waals surface area contributed by atoms with E-state index in [2.05, 4.69) is 0 Å². The molecule has 0 heterocycles. The molecule has 0 aromatic heterocycles. The Bertz CT molecular complexity index is 487. The van der Waals surface area contributed by atoms with Gasteiger partial charge in [-0.15, -0.1) is 0 Å². The van der Waals surface area contributed by atoms with E-state index in [0.29, 0.717) is 15.1 Å². The highest BCUT2D eigenvalue weighted by molar-refractivity contribution is 6.44. The van der Waals surface area contributed by atoms with Gasteiger partial charge >= 0.3 is 5.97 Å². The van der Waals surface area contributed by atoms with E-state index in [4.69, 9.17) is 39.9 Å². The van der Waals surface area contributed by atoms with Crippen LogP contribution < -0.4 is 0 Å². The zero-order valence-corrected chi connectivity index (χ0v) is 12.1. The molecule has 1 aliphatic rings. The topological polar surface area (TPSA) is 37.3 Å². The highest BCUT2D eigenvalue weighted by atomic mass is 35.5. The quantitative estimate of drug-likeness (QED) is 0.806. The van der Waals surface area contributed by atoms with Crippen molar-refractivity contribution in [2.75, 3.05) is 0 Å². The van der Waals surface area contributed by atoms with E-state index in [1.54, 1.807) is 12.1 Å². The first-order valence-corrected chi connectivity index (χ1v) is 6.91. The number of rotatable bonds is 4. The molecule has 1 fully saturated rings. The average Bonchev–Trinajstić information content (AvgIpc) is 3.03. The standard InChI is InChI=1S/C13H13Cl3O2/c1-6(4-7-5-8(7)13(17)18)11-9(14)2-3-10(15)12(11)16/h2-3,6-8H,4-5H2,1H3,(H,17,18). The molecule has 1 aromatic rings. The minimum atomic E-state index is -0.713. The molecule has 0 radical (unpaired) electrons. The van der Waals surface area contributed by atoms with Crippen LogP contribution in [0.3, 0.4) is 0 Å². The van der Waals surface area contributed by atoms with Gasteiger partial charge in [-0.05, 0) is 42.4 Å². The number of aliphatic carboxylic acids is 1. The van der Waals surface area contributed by atoms with Crippen molar-refractivity contribution in [2.24, 2.45) is 11.8 Å². The predicted molar refractivity (Wildman–Crippen MR) is 73.7 cm³/mol. The summed E-state index contributed by atoms with van der Waals surface area (Å²) in [4.78, 5) is 10.8. The molecule has 18 heavy (non-hydrogen) atoms. The van der Waals surface area contributed by atoms with Crippen molar-refractivity contribution >= 4 is 40.8 Å². The summed E-state index contributed by atoms with van der Waals surface area (Å²) in [7, 11) is 0. The van der Waals surface area contributed by atoms with Gasteiger partial charge in [-0.25, -0.2) is 0 Å².